The fraction of sp³-hybridized carbons (Fsp3) is 0.867. The molecule has 33 heavy (non-hydrogen) atoms. The molecule has 2 amide bonds. The van der Waals surface area contributed by atoms with Crippen LogP contribution in [-0.4, -0.2) is 22.8 Å². The van der Waals surface area contributed by atoms with Gasteiger partial charge in [0.1, 0.15) is 0 Å². The van der Waals surface area contributed by atoms with E-state index in [2.05, 4.69) is 26.8 Å². The van der Waals surface area contributed by atoms with Crippen molar-refractivity contribution in [1.82, 2.24) is 4.90 Å². The molecule has 3 nitrogen and oxygen atoms in total. The van der Waals surface area contributed by atoms with Gasteiger partial charge in [-0.1, -0.05) is 141 Å². The Morgan fingerprint density at radius 1 is 0.667 bits per heavy atom. The van der Waals surface area contributed by atoms with Gasteiger partial charge in [0.2, 0.25) is 11.8 Å². The number of nitrogens with zero attached hydrogens (tertiary/aromatic N) is 1. The highest BCUT2D eigenvalue weighted by Crippen LogP contribution is 2.25. The molecule has 0 aromatic heterocycles. The Balaban J connectivity index is 2.04. The molecule has 3 heteroatoms. The van der Waals surface area contributed by atoms with Gasteiger partial charge in [-0.3, -0.25) is 14.5 Å². The Morgan fingerprint density at radius 2 is 1.06 bits per heavy atom. The van der Waals surface area contributed by atoms with Crippen LogP contribution in [0.25, 0.3) is 0 Å². The van der Waals surface area contributed by atoms with E-state index in [9.17, 15) is 9.59 Å². The monoisotopic (exact) mass is 461 g/mol. The van der Waals surface area contributed by atoms with Crippen molar-refractivity contribution < 1.29 is 9.59 Å². The Hall–Kier alpha value is -1.12. The van der Waals surface area contributed by atoms with Crippen LogP contribution in [0, 0.1) is 0 Å². The molecule has 1 unspecified atom stereocenters. The molecule has 1 atom stereocenters. The molecule has 0 aromatic rings. The van der Waals surface area contributed by atoms with Crippen molar-refractivity contribution in [2.45, 2.75) is 168 Å². The average Bonchev–Trinajstić information content (AvgIpc) is 3.14. The van der Waals surface area contributed by atoms with Gasteiger partial charge >= 0.3 is 0 Å². The molecule has 1 heterocycles. The van der Waals surface area contributed by atoms with Gasteiger partial charge in [-0.05, 0) is 19.8 Å². The fourth-order valence-electron chi connectivity index (χ4n) is 5.07. The molecule has 0 bridgehead atoms. The first kappa shape index (κ1) is 29.9. The summed E-state index contributed by atoms with van der Waals surface area (Å²) < 4.78 is 0. The van der Waals surface area contributed by atoms with Gasteiger partial charge in [0.15, 0.2) is 0 Å². The molecule has 0 aromatic carbocycles. The molecular formula is C30H55NO2. The minimum atomic E-state index is -0.00427. The normalized spacial score (nSPS) is 15.6. The van der Waals surface area contributed by atoms with E-state index in [4.69, 9.17) is 0 Å². The van der Waals surface area contributed by atoms with Gasteiger partial charge in [-0.2, -0.15) is 0 Å². The van der Waals surface area contributed by atoms with Crippen LogP contribution >= 0.6 is 0 Å². The number of unbranched alkanes of at least 4 members (excludes halogenated alkanes) is 17. The van der Waals surface area contributed by atoms with Crippen LogP contribution in [0.15, 0.2) is 11.6 Å². The van der Waals surface area contributed by atoms with Crippen LogP contribution in [0.4, 0.5) is 0 Å². The fourth-order valence-corrected chi connectivity index (χ4v) is 5.07. The van der Waals surface area contributed by atoms with Crippen molar-refractivity contribution in [1.29, 1.82) is 0 Å². The number of hydrogen-bond donors (Lipinski definition) is 0. The summed E-state index contributed by atoms with van der Waals surface area (Å²) >= 11 is 0. The van der Waals surface area contributed by atoms with Gasteiger partial charge in [0, 0.05) is 12.8 Å². The third kappa shape index (κ3) is 14.0. The van der Waals surface area contributed by atoms with Crippen molar-refractivity contribution in [3.05, 3.63) is 11.6 Å². The summed E-state index contributed by atoms with van der Waals surface area (Å²) in [6.07, 6.45) is 29.4. The summed E-state index contributed by atoms with van der Waals surface area (Å²) in [5, 5.41) is 0. The molecule has 0 radical (unpaired) electrons. The molecular weight excluding hydrogens is 406 g/mol. The van der Waals surface area contributed by atoms with E-state index in [1.54, 1.807) is 4.90 Å². The summed E-state index contributed by atoms with van der Waals surface area (Å²) in [7, 11) is 0. The van der Waals surface area contributed by atoms with E-state index in [-0.39, 0.29) is 17.9 Å². The van der Waals surface area contributed by atoms with Gasteiger partial charge in [0.05, 0.1) is 6.04 Å². The number of carbonyl (C=O) groups is 2. The maximum Gasteiger partial charge on any atom is 0.230 e. The number of likely N-dealkylation sites (tertiary alicyclic amines) is 1. The molecule has 0 saturated carbocycles. The number of rotatable bonds is 22. The summed E-state index contributed by atoms with van der Waals surface area (Å²) in [6, 6.07) is -0.00427. The molecule has 1 aliphatic rings. The lowest BCUT2D eigenvalue weighted by Gasteiger charge is -2.27. The third-order valence-corrected chi connectivity index (χ3v) is 7.26. The van der Waals surface area contributed by atoms with E-state index in [0.717, 1.165) is 25.7 Å². The summed E-state index contributed by atoms with van der Waals surface area (Å²) in [6.45, 7) is 6.56. The quantitative estimate of drug-likeness (QED) is 0.0914. The predicted molar refractivity (Wildman–Crippen MR) is 142 cm³/mol. The lowest BCUT2D eigenvalue weighted by molar-refractivity contribution is -0.140. The first-order valence-corrected chi connectivity index (χ1v) is 14.6. The Labute approximate surface area is 206 Å². The molecule has 0 spiro atoms. The lowest BCUT2D eigenvalue weighted by atomic mass is 9.97. The zero-order valence-electron chi connectivity index (χ0n) is 22.5. The molecule has 1 saturated heterocycles. The maximum absolute atomic E-state index is 12.3. The van der Waals surface area contributed by atoms with Crippen molar-refractivity contribution in [2.24, 2.45) is 0 Å². The number of hydrogen-bond acceptors (Lipinski definition) is 2. The average molecular weight is 462 g/mol. The summed E-state index contributed by atoms with van der Waals surface area (Å²) in [5.74, 6) is 0.0578. The number of imide groups is 1. The van der Waals surface area contributed by atoms with E-state index in [1.165, 1.54) is 108 Å². The second-order valence-corrected chi connectivity index (χ2v) is 10.4. The highest BCUT2D eigenvalue weighted by molar-refractivity contribution is 6.02. The van der Waals surface area contributed by atoms with Crippen molar-refractivity contribution in [2.75, 3.05) is 0 Å². The van der Waals surface area contributed by atoms with E-state index in [0.29, 0.717) is 12.8 Å². The van der Waals surface area contributed by atoms with Crippen LogP contribution in [0.1, 0.15) is 162 Å². The zero-order chi connectivity index (χ0) is 24.2. The SMILES string of the molecule is CCCC=C(C)C(CCCCCCCCCCCCCCCCCCC)N1C(=O)CCC1=O. The van der Waals surface area contributed by atoms with Crippen molar-refractivity contribution in [3.63, 3.8) is 0 Å². The second kappa shape index (κ2) is 20.3. The third-order valence-electron chi connectivity index (χ3n) is 7.26. The molecule has 192 valence electrons. The number of carbonyl (C=O) groups excluding carboxylic acids is 2. The first-order chi connectivity index (χ1) is 16.1. The topological polar surface area (TPSA) is 37.4 Å². The Morgan fingerprint density at radius 3 is 1.45 bits per heavy atom. The predicted octanol–water partition coefficient (Wildman–Crippen LogP) is 9.29. The minimum absolute atomic E-state index is 0.00427. The van der Waals surface area contributed by atoms with Crippen molar-refractivity contribution in [3.8, 4) is 0 Å². The standard InChI is InChI=1S/C30H55NO2/c1-4-6-8-9-10-11-12-13-14-15-16-17-18-19-20-21-22-24-28(27(3)23-7-5-2)31-29(32)25-26-30(31)33/h23,28H,4-22,24-26H2,1-3H3. The second-order valence-electron chi connectivity index (χ2n) is 10.4. The summed E-state index contributed by atoms with van der Waals surface area (Å²) in [5.41, 5.74) is 1.21. The van der Waals surface area contributed by atoms with Gasteiger partial charge in [-0.15, -0.1) is 0 Å². The molecule has 1 rings (SSSR count). The van der Waals surface area contributed by atoms with E-state index >= 15 is 0 Å². The molecule has 0 aliphatic carbocycles. The van der Waals surface area contributed by atoms with Crippen molar-refractivity contribution >= 4 is 11.8 Å². The van der Waals surface area contributed by atoms with E-state index < -0.39 is 0 Å². The highest BCUT2D eigenvalue weighted by Gasteiger charge is 2.35. The van der Waals surface area contributed by atoms with E-state index in [1.807, 2.05) is 0 Å². The Bertz CT molecular complexity index is 523. The smallest absolute Gasteiger partial charge is 0.230 e. The summed E-state index contributed by atoms with van der Waals surface area (Å²) in [4.78, 5) is 26.1. The number of amides is 2. The zero-order valence-corrected chi connectivity index (χ0v) is 22.5. The van der Waals surface area contributed by atoms with Crippen LogP contribution < -0.4 is 0 Å². The molecule has 1 fully saturated rings. The number of allylic oxidation sites excluding steroid dienone is 1. The van der Waals surface area contributed by atoms with Gasteiger partial charge < -0.3 is 0 Å². The molecule has 0 N–H and O–H groups in total. The first-order valence-electron chi connectivity index (χ1n) is 14.6. The highest BCUT2D eigenvalue weighted by atomic mass is 16.2. The van der Waals surface area contributed by atoms with Gasteiger partial charge in [0.25, 0.3) is 0 Å². The largest absolute Gasteiger partial charge is 0.275 e. The Kier molecular flexibility index (Phi) is 18.4. The maximum atomic E-state index is 12.3. The minimum Gasteiger partial charge on any atom is -0.275 e. The lowest BCUT2D eigenvalue weighted by Crippen LogP contribution is -2.40. The van der Waals surface area contributed by atoms with Gasteiger partial charge in [-0.25, -0.2) is 0 Å². The molecule has 1 aliphatic heterocycles. The van der Waals surface area contributed by atoms with Crippen LogP contribution in [0.5, 0.6) is 0 Å². The van der Waals surface area contributed by atoms with Crippen LogP contribution in [0.3, 0.4) is 0 Å². The van der Waals surface area contributed by atoms with Crippen LogP contribution in [0.2, 0.25) is 0 Å². The van der Waals surface area contributed by atoms with Crippen LogP contribution in [-0.2, 0) is 9.59 Å².